The van der Waals surface area contributed by atoms with Crippen molar-refractivity contribution < 1.29 is 19.0 Å². The average molecular weight is 345 g/mol. The predicted molar refractivity (Wildman–Crippen MR) is 93.6 cm³/mol. The SMILES string of the molecule is COc1ccc(N2C(c3ccc(O)cc3)=NC(OCCF)N2C)cc1. The molecule has 0 saturated heterocycles. The summed E-state index contributed by atoms with van der Waals surface area (Å²) >= 11 is 0. The van der Waals surface area contributed by atoms with Gasteiger partial charge in [0.2, 0.25) is 6.35 Å². The number of phenols is 1. The Morgan fingerprint density at radius 1 is 1.12 bits per heavy atom. The Hall–Kier alpha value is -2.64. The highest BCUT2D eigenvalue weighted by Gasteiger charge is 2.33. The first-order chi connectivity index (χ1) is 12.1. The van der Waals surface area contributed by atoms with Gasteiger partial charge in [-0.1, -0.05) is 0 Å². The topological polar surface area (TPSA) is 57.5 Å². The molecule has 132 valence electrons. The van der Waals surface area contributed by atoms with Crippen molar-refractivity contribution in [2.24, 2.45) is 4.99 Å². The molecule has 2 aromatic rings. The lowest BCUT2D eigenvalue weighted by molar-refractivity contribution is -0.0343. The van der Waals surface area contributed by atoms with E-state index >= 15 is 0 Å². The molecule has 0 bridgehead atoms. The van der Waals surface area contributed by atoms with Crippen molar-refractivity contribution in [2.75, 3.05) is 32.4 Å². The number of phenolic OH excluding ortho intramolecular Hbond substituents is 1. The van der Waals surface area contributed by atoms with E-state index in [0.29, 0.717) is 5.84 Å². The van der Waals surface area contributed by atoms with Crippen molar-refractivity contribution in [1.29, 1.82) is 0 Å². The Morgan fingerprint density at radius 3 is 2.40 bits per heavy atom. The van der Waals surface area contributed by atoms with E-state index in [4.69, 9.17) is 9.47 Å². The van der Waals surface area contributed by atoms with Gasteiger partial charge in [0.05, 0.1) is 19.4 Å². The first kappa shape index (κ1) is 17.2. The molecule has 0 radical (unpaired) electrons. The lowest BCUT2D eigenvalue weighted by Crippen LogP contribution is -2.43. The van der Waals surface area contributed by atoms with E-state index in [1.807, 2.05) is 36.3 Å². The minimum Gasteiger partial charge on any atom is -0.508 e. The molecule has 0 amide bonds. The zero-order valence-corrected chi connectivity index (χ0v) is 14.1. The average Bonchev–Trinajstić information content (AvgIpc) is 2.97. The van der Waals surface area contributed by atoms with Crippen molar-refractivity contribution in [1.82, 2.24) is 5.01 Å². The van der Waals surface area contributed by atoms with Crippen LogP contribution in [0.15, 0.2) is 53.5 Å². The number of aromatic hydroxyl groups is 1. The van der Waals surface area contributed by atoms with Crippen LogP contribution in [-0.2, 0) is 4.74 Å². The maximum Gasteiger partial charge on any atom is 0.226 e. The van der Waals surface area contributed by atoms with Gasteiger partial charge in [-0.25, -0.2) is 9.38 Å². The van der Waals surface area contributed by atoms with Crippen LogP contribution >= 0.6 is 0 Å². The molecule has 2 aromatic carbocycles. The highest BCUT2D eigenvalue weighted by Crippen LogP contribution is 2.29. The van der Waals surface area contributed by atoms with Gasteiger partial charge >= 0.3 is 0 Å². The Morgan fingerprint density at radius 2 is 1.80 bits per heavy atom. The summed E-state index contributed by atoms with van der Waals surface area (Å²) in [5.41, 5.74) is 1.67. The van der Waals surface area contributed by atoms with E-state index in [-0.39, 0.29) is 12.4 Å². The minimum absolute atomic E-state index is 0.0299. The van der Waals surface area contributed by atoms with E-state index in [1.165, 1.54) is 0 Å². The molecule has 1 aliphatic rings. The summed E-state index contributed by atoms with van der Waals surface area (Å²) in [7, 11) is 3.44. The van der Waals surface area contributed by atoms with Gasteiger partial charge in [0.15, 0.2) is 5.84 Å². The van der Waals surface area contributed by atoms with Crippen molar-refractivity contribution in [3.05, 3.63) is 54.1 Å². The van der Waals surface area contributed by atoms with E-state index < -0.39 is 13.0 Å². The molecule has 1 atom stereocenters. The number of aliphatic imine (C=N–C) groups is 1. The van der Waals surface area contributed by atoms with Gasteiger partial charge in [0.1, 0.15) is 18.2 Å². The molecular formula is C18H20FN3O3. The van der Waals surface area contributed by atoms with Gasteiger partial charge in [-0.05, 0) is 48.5 Å². The van der Waals surface area contributed by atoms with Gasteiger partial charge in [-0.2, -0.15) is 5.01 Å². The molecule has 1 N–H and O–H groups in total. The highest BCUT2D eigenvalue weighted by molar-refractivity contribution is 6.10. The number of rotatable bonds is 6. The second kappa shape index (κ2) is 7.50. The minimum atomic E-state index is -0.623. The summed E-state index contributed by atoms with van der Waals surface area (Å²) in [5.74, 6) is 1.58. The molecule has 0 fully saturated rings. The quantitative estimate of drug-likeness (QED) is 0.872. The van der Waals surface area contributed by atoms with E-state index in [9.17, 15) is 9.50 Å². The van der Waals surface area contributed by atoms with Crippen LogP contribution in [0.25, 0.3) is 0 Å². The van der Waals surface area contributed by atoms with Gasteiger partial charge in [0.25, 0.3) is 0 Å². The molecule has 1 unspecified atom stereocenters. The fourth-order valence-electron chi connectivity index (χ4n) is 2.62. The third-order valence-corrected chi connectivity index (χ3v) is 3.86. The molecule has 0 aliphatic carbocycles. The van der Waals surface area contributed by atoms with Crippen LogP contribution in [0.4, 0.5) is 10.1 Å². The van der Waals surface area contributed by atoms with E-state index in [1.54, 1.807) is 36.4 Å². The Kier molecular flexibility index (Phi) is 5.16. The summed E-state index contributed by atoms with van der Waals surface area (Å²) in [6.45, 7) is -0.602. The largest absolute Gasteiger partial charge is 0.508 e. The third-order valence-electron chi connectivity index (χ3n) is 3.86. The van der Waals surface area contributed by atoms with Gasteiger partial charge in [-0.3, -0.25) is 5.01 Å². The van der Waals surface area contributed by atoms with Crippen LogP contribution in [0.5, 0.6) is 11.5 Å². The number of amidine groups is 1. The molecule has 1 aliphatic heterocycles. The normalized spacial score (nSPS) is 17.6. The maximum absolute atomic E-state index is 12.5. The fourth-order valence-corrected chi connectivity index (χ4v) is 2.62. The second-order valence-corrected chi connectivity index (χ2v) is 5.47. The Bertz CT molecular complexity index is 734. The van der Waals surface area contributed by atoms with Crippen LogP contribution in [0, 0.1) is 0 Å². The van der Waals surface area contributed by atoms with Crippen molar-refractivity contribution >= 4 is 11.5 Å². The van der Waals surface area contributed by atoms with Crippen molar-refractivity contribution in [2.45, 2.75) is 6.35 Å². The van der Waals surface area contributed by atoms with Gasteiger partial charge < -0.3 is 14.6 Å². The zero-order valence-electron chi connectivity index (χ0n) is 14.1. The molecule has 6 nitrogen and oxygen atoms in total. The Labute approximate surface area is 145 Å². The molecular weight excluding hydrogens is 325 g/mol. The summed E-state index contributed by atoms with van der Waals surface area (Å²) in [4.78, 5) is 4.57. The molecule has 3 rings (SSSR count). The summed E-state index contributed by atoms with van der Waals surface area (Å²) in [6.07, 6.45) is -0.623. The van der Waals surface area contributed by atoms with E-state index in [0.717, 1.165) is 17.0 Å². The number of alkyl halides is 1. The molecule has 0 aromatic heterocycles. The summed E-state index contributed by atoms with van der Waals surface area (Å²) in [5, 5.41) is 13.2. The first-order valence-corrected chi connectivity index (χ1v) is 7.85. The number of hydrogen-bond acceptors (Lipinski definition) is 6. The monoisotopic (exact) mass is 345 g/mol. The highest BCUT2D eigenvalue weighted by atomic mass is 19.1. The lowest BCUT2D eigenvalue weighted by atomic mass is 10.2. The molecule has 1 heterocycles. The molecule has 0 spiro atoms. The number of methoxy groups -OCH3 is 1. The van der Waals surface area contributed by atoms with Crippen LogP contribution in [-0.4, -0.2) is 49.7 Å². The number of benzene rings is 2. The fraction of sp³-hybridized carbons (Fsp3) is 0.278. The summed E-state index contributed by atoms with van der Waals surface area (Å²) < 4.78 is 23.2. The zero-order chi connectivity index (χ0) is 17.8. The smallest absolute Gasteiger partial charge is 0.226 e. The second-order valence-electron chi connectivity index (χ2n) is 5.47. The Balaban J connectivity index is 1.96. The number of hydrazine groups is 1. The van der Waals surface area contributed by atoms with Crippen molar-refractivity contribution in [3.8, 4) is 11.5 Å². The van der Waals surface area contributed by atoms with E-state index in [2.05, 4.69) is 4.99 Å². The van der Waals surface area contributed by atoms with Crippen LogP contribution in [0.2, 0.25) is 0 Å². The number of ether oxygens (including phenoxy) is 2. The maximum atomic E-state index is 12.5. The first-order valence-electron chi connectivity index (χ1n) is 7.85. The number of nitrogens with zero attached hydrogens (tertiary/aromatic N) is 3. The molecule has 25 heavy (non-hydrogen) atoms. The van der Waals surface area contributed by atoms with Gasteiger partial charge in [-0.15, -0.1) is 0 Å². The summed E-state index contributed by atoms with van der Waals surface area (Å²) in [6, 6.07) is 14.3. The number of anilines is 1. The third kappa shape index (κ3) is 3.57. The number of halogens is 1. The van der Waals surface area contributed by atoms with Crippen molar-refractivity contribution in [3.63, 3.8) is 0 Å². The van der Waals surface area contributed by atoms with Crippen LogP contribution in [0.3, 0.4) is 0 Å². The molecule has 7 heteroatoms. The van der Waals surface area contributed by atoms with Crippen LogP contribution in [0.1, 0.15) is 5.56 Å². The predicted octanol–water partition coefficient (Wildman–Crippen LogP) is 2.78. The number of hydrogen-bond donors (Lipinski definition) is 1. The standard InChI is InChI=1S/C18H20FN3O3/c1-21-18(25-12-11-19)20-17(13-3-7-15(23)8-4-13)22(21)14-5-9-16(24-2)10-6-14/h3-10,18,23H,11-12H2,1-2H3. The van der Waals surface area contributed by atoms with Crippen LogP contribution < -0.4 is 9.75 Å². The molecule has 0 saturated carbocycles. The lowest BCUT2D eigenvalue weighted by Gasteiger charge is -2.30. The van der Waals surface area contributed by atoms with Gasteiger partial charge in [0, 0.05) is 12.6 Å².